The molecule has 0 radical (unpaired) electrons. The number of carboxylic acids is 1. The van der Waals surface area contributed by atoms with Crippen LogP contribution in [0.1, 0.15) is 25.0 Å². The van der Waals surface area contributed by atoms with Gasteiger partial charge >= 0.3 is 5.97 Å². The van der Waals surface area contributed by atoms with Gasteiger partial charge in [0.1, 0.15) is 11.6 Å². The summed E-state index contributed by atoms with van der Waals surface area (Å²) >= 11 is 0. The van der Waals surface area contributed by atoms with Crippen molar-refractivity contribution in [3.05, 3.63) is 29.1 Å². The fourth-order valence-electron chi connectivity index (χ4n) is 1.42. The Hall–Kier alpha value is -1.58. The van der Waals surface area contributed by atoms with Gasteiger partial charge in [-0.3, -0.25) is 4.79 Å². The van der Waals surface area contributed by atoms with Crippen molar-refractivity contribution in [2.24, 2.45) is 5.41 Å². The monoisotopic (exact) mass is 226 g/mol. The number of aromatic hydroxyl groups is 1. The number of hydrogen-bond donors (Lipinski definition) is 2. The summed E-state index contributed by atoms with van der Waals surface area (Å²) < 4.78 is 13.5. The zero-order chi connectivity index (χ0) is 12.5. The van der Waals surface area contributed by atoms with Crippen LogP contribution < -0.4 is 0 Å². The number of aliphatic carboxylic acids is 1. The van der Waals surface area contributed by atoms with Gasteiger partial charge in [0.2, 0.25) is 0 Å². The molecule has 1 aromatic carbocycles. The van der Waals surface area contributed by atoms with Crippen LogP contribution in [0.15, 0.2) is 12.1 Å². The van der Waals surface area contributed by atoms with Gasteiger partial charge in [-0.2, -0.15) is 0 Å². The number of phenolic OH excluding ortho intramolecular Hbond substituents is 1. The molecule has 0 saturated carbocycles. The minimum absolute atomic E-state index is 0.0925. The first-order chi connectivity index (χ1) is 7.24. The smallest absolute Gasteiger partial charge is 0.309 e. The molecule has 2 N–H and O–H groups in total. The van der Waals surface area contributed by atoms with E-state index in [0.717, 1.165) is 6.07 Å². The highest BCUT2D eigenvalue weighted by Crippen LogP contribution is 2.27. The molecule has 16 heavy (non-hydrogen) atoms. The van der Waals surface area contributed by atoms with Gasteiger partial charge in [0.25, 0.3) is 0 Å². The van der Waals surface area contributed by atoms with Gasteiger partial charge in [0, 0.05) is 6.07 Å². The topological polar surface area (TPSA) is 57.5 Å². The maximum absolute atomic E-state index is 13.5. The largest absolute Gasteiger partial charge is 0.508 e. The van der Waals surface area contributed by atoms with E-state index in [1.54, 1.807) is 6.92 Å². The van der Waals surface area contributed by atoms with Gasteiger partial charge in [-0.25, -0.2) is 4.39 Å². The summed E-state index contributed by atoms with van der Waals surface area (Å²) in [5.74, 6) is -1.66. The summed E-state index contributed by atoms with van der Waals surface area (Å²) in [6.07, 6.45) is 0.0925. The van der Waals surface area contributed by atoms with Crippen molar-refractivity contribution in [3.63, 3.8) is 0 Å². The van der Waals surface area contributed by atoms with Crippen molar-refractivity contribution in [2.45, 2.75) is 27.2 Å². The molecule has 4 heteroatoms. The van der Waals surface area contributed by atoms with Crippen LogP contribution in [0.2, 0.25) is 0 Å². The molecular formula is C12H15FO3. The van der Waals surface area contributed by atoms with Crippen LogP contribution in [0, 0.1) is 18.2 Å². The van der Waals surface area contributed by atoms with Gasteiger partial charge in [-0.1, -0.05) is 0 Å². The normalized spacial score (nSPS) is 11.5. The van der Waals surface area contributed by atoms with Crippen LogP contribution in [-0.4, -0.2) is 16.2 Å². The number of carbonyl (C=O) groups is 1. The van der Waals surface area contributed by atoms with Gasteiger partial charge in [0.15, 0.2) is 0 Å². The van der Waals surface area contributed by atoms with E-state index >= 15 is 0 Å². The Kier molecular flexibility index (Phi) is 3.21. The van der Waals surface area contributed by atoms with Crippen molar-refractivity contribution >= 4 is 5.97 Å². The Morgan fingerprint density at radius 1 is 1.44 bits per heavy atom. The van der Waals surface area contributed by atoms with Gasteiger partial charge < -0.3 is 10.2 Å². The van der Waals surface area contributed by atoms with Crippen LogP contribution in [0.3, 0.4) is 0 Å². The molecule has 0 aliphatic carbocycles. The molecule has 0 aliphatic heterocycles. The second kappa shape index (κ2) is 4.12. The van der Waals surface area contributed by atoms with Crippen LogP contribution in [0.25, 0.3) is 0 Å². The average Bonchev–Trinajstić information content (AvgIpc) is 2.13. The third-order valence-corrected chi connectivity index (χ3v) is 2.58. The quantitative estimate of drug-likeness (QED) is 0.832. The van der Waals surface area contributed by atoms with Crippen molar-refractivity contribution in [3.8, 4) is 5.75 Å². The standard InChI is InChI=1S/C12H15FO3/c1-7-4-8(9(13)5-10(7)14)6-12(2,3)11(15)16/h4-5,14H,6H2,1-3H3,(H,15,16). The molecule has 1 aromatic rings. The SMILES string of the molecule is Cc1cc(CC(C)(C)C(=O)O)c(F)cc1O. The molecular weight excluding hydrogens is 211 g/mol. The Labute approximate surface area is 93.5 Å². The van der Waals surface area contributed by atoms with E-state index in [0.29, 0.717) is 11.1 Å². The molecule has 0 aliphatic rings. The molecule has 0 bridgehead atoms. The maximum atomic E-state index is 13.5. The first-order valence-electron chi connectivity index (χ1n) is 4.95. The zero-order valence-electron chi connectivity index (χ0n) is 9.54. The van der Waals surface area contributed by atoms with E-state index in [9.17, 15) is 14.3 Å². The summed E-state index contributed by atoms with van der Waals surface area (Å²) in [5, 5.41) is 18.2. The predicted molar refractivity (Wildman–Crippen MR) is 57.9 cm³/mol. The molecule has 0 saturated heterocycles. The third-order valence-electron chi connectivity index (χ3n) is 2.58. The highest BCUT2D eigenvalue weighted by atomic mass is 19.1. The minimum atomic E-state index is -1.02. The number of hydrogen-bond acceptors (Lipinski definition) is 2. The van der Waals surface area contributed by atoms with Crippen molar-refractivity contribution in [1.29, 1.82) is 0 Å². The number of carboxylic acid groups (broad SMARTS) is 1. The maximum Gasteiger partial charge on any atom is 0.309 e. The number of phenols is 1. The van der Waals surface area contributed by atoms with E-state index in [4.69, 9.17) is 5.11 Å². The van der Waals surface area contributed by atoms with Gasteiger partial charge in [0.05, 0.1) is 5.41 Å². The van der Waals surface area contributed by atoms with E-state index in [-0.39, 0.29) is 12.2 Å². The second-order valence-corrected chi connectivity index (χ2v) is 4.60. The lowest BCUT2D eigenvalue weighted by atomic mass is 9.85. The molecule has 0 aromatic heterocycles. The van der Waals surface area contributed by atoms with Gasteiger partial charge in [-0.15, -0.1) is 0 Å². The molecule has 0 fully saturated rings. The highest BCUT2D eigenvalue weighted by Gasteiger charge is 2.28. The minimum Gasteiger partial charge on any atom is -0.508 e. The van der Waals surface area contributed by atoms with Crippen molar-refractivity contribution in [2.75, 3.05) is 0 Å². The molecule has 0 atom stereocenters. The lowest BCUT2D eigenvalue weighted by Crippen LogP contribution is -2.26. The highest BCUT2D eigenvalue weighted by molar-refractivity contribution is 5.74. The molecule has 0 heterocycles. The first kappa shape index (κ1) is 12.5. The molecule has 88 valence electrons. The van der Waals surface area contributed by atoms with Crippen LogP contribution in [0.4, 0.5) is 4.39 Å². The molecule has 0 amide bonds. The summed E-state index contributed by atoms with van der Waals surface area (Å²) in [7, 11) is 0. The van der Waals surface area contributed by atoms with Crippen LogP contribution >= 0.6 is 0 Å². The van der Waals surface area contributed by atoms with E-state index in [2.05, 4.69) is 0 Å². The number of rotatable bonds is 3. The Balaban J connectivity index is 3.07. The average molecular weight is 226 g/mol. The Morgan fingerprint density at radius 3 is 2.50 bits per heavy atom. The third kappa shape index (κ3) is 2.51. The Bertz CT molecular complexity index is 425. The fraction of sp³-hybridized carbons (Fsp3) is 0.417. The fourth-order valence-corrected chi connectivity index (χ4v) is 1.42. The van der Waals surface area contributed by atoms with Crippen LogP contribution in [0.5, 0.6) is 5.75 Å². The summed E-state index contributed by atoms with van der Waals surface area (Å²) in [5.41, 5.74) is -0.176. The van der Waals surface area contributed by atoms with E-state index in [1.165, 1.54) is 19.9 Å². The van der Waals surface area contributed by atoms with E-state index < -0.39 is 17.2 Å². The summed E-state index contributed by atoms with van der Waals surface area (Å²) in [6, 6.07) is 2.50. The van der Waals surface area contributed by atoms with Gasteiger partial charge in [-0.05, 0) is 44.4 Å². The molecule has 3 nitrogen and oxygen atoms in total. The number of benzene rings is 1. The van der Waals surface area contributed by atoms with Crippen molar-refractivity contribution < 1.29 is 19.4 Å². The van der Waals surface area contributed by atoms with Crippen LogP contribution in [-0.2, 0) is 11.2 Å². The molecule has 0 spiro atoms. The number of aryl methyl sites for hydroxylation is 1. The molecule has 0 unspecified atom stereocenters. The second-order valence-electron chi connectivity index (χ2n) is 4.60. The molecule has 1 rings (SSSR count). The summed E-state index contributed by atoms with van der Waals surface area (Å²) in [4.78, 5) is 10.9. The number of halogens is 1. The lowest BCUT2D eigenvalue weighted by molar-refractivity contribution is -0.146. The van der Waals surface area contributed by atoms with Crippen molar-refractivity contribution in [1.82, 2.24) is 0 Å². The lowest BCUT2D eigenvalue weighted by Gasteiger charge is -2.19. The van der Waals surface area contributed by atoms with E-state index in [1.807, 2.05) is 0 Å². The first-order valence-corrected chi connectivity index (χ1v) is 4.95. The Morgan fingerprint density at radius 2 is 2.00 bits per heavy atom. The summed E-state index contributed by atoms with van der Waals surface area (Å²) in [6.45, 7) is 4.72. The predicted octanol–water partition coefficient (Wildman–Crippen LogP) is 2.49. The zero-order valence-corrected chi connectivity index (χ0v) is 9.54.